The van der Waals surface area contributed by atoms with E-state index in [2.05, 4.69) is 15.3 Å². The summed E-state index contributed by atoms with van der Waals surface area (Å²) < 4.78 is 0. The molecule has 0 radical (unpaired) electrons. The molecule has 1 aromatic rings. The van der Waals surface area contributed by atoms with Crippen LogP contribution in [-0.2, 0) is 4.79 Å². The molecule has 20 heavy (non-hydrogen) atoms. The first-order chi connectivity index (χ1) is 9.39. The van der Waals surface area contributed by atoms with Gasteiger partial charge in [-0.25, -0.2) is 9.78 Å². The quantitative estimate of drug-likeness (QED) is 0.703. The smallest absolute Gasteiger partial charge is 0.354 e. The first-order valence-electron chi connectivity index (χ1n) is 6.17. The van der Waals surface area contributed by atoms with E-state index in [1.165, 1.54) is 11.2 Å². The molecule has 108 valence electrons. The van der Waals surface area contributed by atoms with Gasteiger partial charge in [0.25, 0.3) is 5.91 Å². The summed E-state index contributed by atoms with van der Waals surface area (Å²) in [4.78, 5) is 42.7. The Labute approximate surface area is 115 Å². The fourth-order valence-electron chi connectivity index (χ4n) is 2.39. The Morgan fingerprint density at radius 2 is 2.20 bits per heavy atom. The Balaban J connectivity index is 2.18. The Morgan fingerprint density at radius 3 is 2.80 bits per heavy atom. The average molecular weight is 280 g/mol. The van der Waals surface area contributed by atoms with E-state index in [0.29, 0.717) is 13.0 Å². The molecule has 1 atom stereocenters. The maximum absolute atomic E-state index is 12.3. The van der Waals surface area contributed by atoms with Gasteiger partial charge in [-0.15, -0.1) is 0 Å². The van der Waals surface area contributed by atoms with Gasteiger partial charge in [0.15, 0.2) is 11.4 Å². The Morgan fingerprint density at radius 1 is 1.50 bits per heavy atom. The molecule has 2 amide bonds. The number of imidazole rings is 1. The zero-order chi connectivity index (χ0) is 14.9. The number of carbonyl (C=O) groups excluding carboxylic acids is 2. The molecule has 8 heteroatoms. The van der Waals surface area contributed by atoms with Crippen molar-refractivity contribution < 1.29 is 19.5 Å². The van der Waals surface area contributed by atoms with Crippen LogP contribution in [0.4, 0.5) is 0 Å². The van der Waals surface area contributed by atoms with Crippen molar-refractivity contribution in [3.63, 3.8) is 0 Å². The second-order valence-corrected chi connectivity index (χ2v) is 5.05. The van der Waals surface area contributed by atoms with Crippen LogP contribution in [0.2, 0.25) is 0 Å². The van der Waals surface area contributed by atoms with Crippen LogP contribution in [0.15, 0.2) is 6.33 Å². The fourth-order valence-corrected chi connectivity index (χ4v) is 2.39. The van der Waals surface area contributed by atoms with Gasteiger partial charge in [0, 0.05) is 20.1 Å². The Bertz CT molecular complexity index is 568. The second-order valence-electron chi connectivity index (χ2n) is 5.05. The van der Waals surface area contributed by atoms with Crippen molar-refractivity contribution in [2.24, 2.45) is 5.41 Å². The van der Waals surface area contributed by atoms with Crippen LogP contribution in [0.5, 0.6) is 0 Å². The van der Waals surface area contributed by atoms with Crippen LogP contribution < -0.4 is 5.32 Å². The van der Waals surface area contributed by atoms with Gasteiger partial charge in [-0.2, -0.15) is 0 Å². The number of hydrogen-bond acceptors (Lipinski definition) is 4. The first-order valence-corrected chi connectivity index (χ1v) is 6.17. The molecule has 1 unspecified atom stereocenters. The number of hydrogen-bond donors (Lipinski definition) is 3. The van der Waals surface area contributed by atoms with Gasteiger partial charge in [-0.1, -0.05) is 0 Å². The van der Waals surface area contributed by atoms with Gasteiger partial charge in [-0.05, 0) is 13.3 Å². The van der Waals surface area contributed by atoms with E-state index in [1.54, 1.807) is 14.0 Å². The van der Waals surface area contributed by atoms with Crippen LogP contribution in [0.3, 0.4) is 0 Å². The summed E-state index contributed by atoms with van der Waals surface area (Å²) in [6, 6.07) is 0. The number of nitrogens with one attached hydrogen (secondary N) is 2. The highest BCUT2D eigenvalue weighted by Gasteiger charge is 2.42. The number of H-pyrrole nitrogens is 1. The predicted octanol–water partition coefficient (Wildman–Crippen LogP) is -0.294. The summed E-state index contributed by atoms with van der Waals surface area (Å²) >= 11 is 0. The van der Waals surface area contributed by atoms with Crippen molar-refractivity contribution in [1.82, 2.24) is 20.2 Å². The summed E-state index contributed by atoms with van der Waals surface area (Å²) in [7, 11) is 1.55. The number of carboxylic acid groups (broad SMARTS) is 1. The molecule has 2 heterocycles. The van der Waals surface area contributed by atoms with Crippen LogP contribution >= 0.6 is 0 Å². The van der Waals surface area contributed by atoms with E-state index in [0.717, 1.165) is 0 Å². The summed E-state index contributed by atoms with van der Waals surface area (Å²) in [5.74, 6) is -1.84. The summed E-state index contributed by atoms with van der Waals surface area (Å²) in [6.07, 6.45) is 1.70. The number of carbonyl (C=O) groups is 3. The van der Waals surface area contributed by atoms with E-state index < -0.39 is 17.3 Å². The standard InChI is InChI=1S/C12H16N4O4/c1-12(11(20)13-2)3-4-16(5-12)9(17)7-8(10(18)19)15-6-14-7/h6H,3-5H2,1-2H3,(H,13,20)(H,14,15)(H,18,19). The normalized spacial score (nSPS) is 21.8. The van der Waals surface area contributed by atoms with Crippen molar-refractivity contribution in [1.29, 1.82) is 0 Å². The fraction of sp³-hybridized carbons (Fsp3) is 0.500. The molecule has 3 N–H and O–H groups in total. The highest BCUT2D eigenvalue weighted by molar-refractivity contribution is 6.02. The van der Waals surface area contributed by atoms with E-state index in [9.17, 15) is 14.4 Å². The van der Waals surface area contributed by atoms with Gasteiger partial charge < -0.3 is 20.3 Å². The van der Waals surface area contributed by atoms with Crippen molar-refractivity contribution in [3.8, 4) is 0 Å². The molecule has 8 nitrogen and oxygen atoms in total. The van der Waals surface area contributed by atoms with E-state index in [-0.39, 0.29) is 23.8 Å². The molecule has 0 aromatic carbocycles. The monoisotopic (exact) mass is 280 g/mol. The highest BCUT2D eigenvalue weighted by Crippen LogP contribution is 2.31. The molecular formula is C12H16N4O4. The molecule has 0 aliphatic carbocycles. The molecule has 1 saturated heterocycles. The van der Waals surface area contributed by atoms with Crippen LogP contribution in [0, 0.1) is 5.41 Å². The van der Waals surface area contributed by atoms with Crippen LogP contribution in [0.1, 0.15) is 34.3 Å². The lowest BCUT2D eigenvalue weighted by Crippen LogP contribution is -2.40. The number of aromatic carboxylic acids is 1. The van der Waals surface area contributed by atoms with Gasteiger partial charge in [0.2, 0.25) is 5.91 Å². The minimum absolute atomic E-state index is 0.126. The number of aromatic amines is 1. The summed E-state index contributed by atoms with van der Waals surface area (Å²) in [5.41, 5.74) is -1.01. The molecule has 0 bridgehead atoms. The molecule has 1 aliphatic rings. The maximum Gasteiger partial charge on any atom is 0.354 e. The van der Waals surface area contributed by atoms with Crippen molar-refractivity contribution in [2.75, 3.05) is 20.1 Å². The highest BCUT2D eigenvalue weighted by atomic mass is 16.4. The summed E-state index contributed by atoms with van der Waals surface area (Å²) in [6.45, 7) is 2.42. The predicted molar refractivity (Wildman–Crippen MR) is 68.2 cm³/mol. The molecule has 1 fully saturated rings. The Kier molecular flexibility index (Phi) is 3.47. The third-order valence-corrected chi connectivity index (χ3v) is 3.59. The van der Waals surface area contributed by atoms with Gasteiger partial charge in [-0.3, -0.25) is 9.59 Å². The van der Waals surface area contributed by atoms with E-state index >= 15 is 0 Å². The Hall–Kier alpha value is -2.38. The second kappa shape index (κ2) is 4.95. The lowest BCUT2D eigenvalue weighted by atomic mass is 9.89. The maximum atomic E-state index is 12.3. The molecule has 0 spiro atoms. The van der Waals surface area contributed by atoms with E-state index in [4.69, 9.17) is 5.11 Å². The van der Waals surface area contributed by atoms with Crippen LogP contribution in [-0.4, -0.2) is 57.9 Å². The molecule has 2 rings (SSSR count). The number of carboxylic acids is 1. The largest absolute Gasteiger partial charge is 0.477 e. The van der Waals surface area contributed by atoms with Gasteiger partial charge in [0.05, 0.1) is 11.7 Å². The van der Waals surface area contributed by atoms with Gasteiger partial charge >= 0.3 is 5.97 Å². The number of aromatic nitrogens is 2. The SMILES string of the molecule is CNC(=O)C1(C)CCN(C(=O)c2nc[nH]c2C(=O)O)C1. The third kappa shape index (κ3) is 2.24. The number of nitrogens with zero attached hydrogens (tertiary/aromatic N) is 2. The van der Waals surface area contributed by atoms with Crippen molar-refractivity contribution in [3.05, 3.63) is 17.7 Å². The summed E-state index contributed by atoms with van der Waals surface area (Å²) in [5, 5.41) is 11.5. The average Bonchev–Trinajstić information content (AvgIpc) is 3.04. The van der Waals surface area contributed by atoms with Crippen LogP contribution in [0.25, 0.3) is 0 Å². The lowest BCUT2D eigenvalue weighted by Gasteiger charge is -2.22. The first kappa shape index (κ1) is 14.0. The number of likely N-dealkylation sites (tertiary alicyclic amines) is 1. The zero-order valence-electron chi connectivity index (χ0n) is 11.3. The number of amides is 2. The lowest BCUT2D eigenvalue weighted by molar-refractivity contribution is -0.128. The molecule has 0 saturated carbocycles. The molecule has 1 aromatic heterocycles. The van der Waals surface area contributed by atoms with E-state index in [1.807, 2.05) is 0 Å². The van der Waals surface area contributed by atoms with Crippen molar-refractivity contribution in [2.45, 2.75) is 13.3 Å². The van der Waals surface area contributed by atoms with Gasteiger partial charge in [0.1, 0.15) is 0 Å². The topological polar surface area (TPSA) is 115 Å². The molecular weight excluding hydrogens is 264 g/mol. The molecule has 1 aliphatic heterocycles. The number of rotatable bonds is 3. The minimum Gasteiger partial charge on any atom is -0.477 e. The third-order valence-electron chi connectivity index (χ3n) is 3.59. The van der Waals surface area contributed by atoms with Crippen molar-refractivity contribution >= 4 is 17.8 Å². The zero-order valence-corrected chi connectivity index (χ0v) is 11.3. The minimum atomic E-state index is -1.24.